The second-order valence-corrected chi connectivity index (χ2v) is 8.73. The van der Waals surface area contributed by atoms with E-state index in [4.69, 9.17) is 9.47 Å². The summed E-state index contributed by atoms with van der Waals surface area (Å²) in [5, 5.41) is 3.93. The Morgan fingerprint density at radius 1 is 1.09 bits per heavy atom. The van der Waals surface area contributed by atoms with Crippen molar-refractivity contribution in [2.75, 3.05) is 33.9 Å². The summed E-state index contributed by atoms with van der Waals surface area (Å²) in [6, 6.07) is 8.98. The van der Waals surface area contributed by atoms with Crippen LogP contribution in [0.25, 0.3) is 10.9 Å². The molecule has 180 valence electrons. The van der Waals surface area contributed by atoms with Gasteiger partial charge in [-0.2, -0.15) is 0 Å². The molecule has 0 spiro atoms. The predicted molar refractivity (Wildman–Crippen MR) is 130 cm³/mol. The third-order valence-corrected chi connectivity index (χ3v) is 6.49. The number of amides is 2. The Morgan fingerprint density at radius 3 is 2.50 bits per heavy atom. The summed E-state index contributed by atoms with van der Waals surface area (Å²) in [6.45, 7) is 2.17. The zero-order valence-electron chi connectivity index (χ0n) is 19.8. The SMILES string of the molecule is COc1cc(OC)cc(C(=O)N2CCC(CCCCNC(=O)c3cc4cnccc4[nH]3)CC2)c1. The second kappa shape index (κ2) is 11.0. The Kier molecular flexibility index (Phi) is 7.67. The first-order valence-electron chi connectivity index (χ1n) is 11.8. The van der Waals surface area contributed by atoms with Crippen molar-refractivity contribution in [1.29, 1.82) is 0 Å². The predicted octanol–water partition coefficient (Wildman–Crippen LogP) is 4.03. The monoisotopic (exact) mass is 464 g/mol. The minimum absolute atomic E-state index is 0.0196. The molecule has 0 unspecified atom stereocenters. The van der Waals surface area contributed by atoms with Gasteiger partial charge in [0, 0.05) is 54.6 Å². The molecule has 34 heavy (non-hydrogen) atoms. The van der Waals surface area contributed by atoms with Gasteiger partial charge >= 0.3 is 0 Å². The Bertz CT molecular complexity index is 1080. The number of carbonyl (C=O) groups is 2. The van der Waals surface area contributed by atoms with Gasteiger partial charge in [-0.15, -0.1) is 0 Å². The van der Waals surface area contributed by atoms with E-state index in [0.29, 0.717) is 35.2 Å². The van der Waals surface area contributed by atoms with Crippen LogP contribution >= 0.6 is 0 Å². The average molecular weight is 465 g/mol. The zero-order chi connectivity index (χ0) is 23.9. The van der Waals surface area contributed by atoms with Crippen molar-refractivity contribution in [3.05, 3.63) is 54.0 Å². The lowest BCUT2D eigenvalue weighted by atomic mass is 9.91. The maximum absolute atomic E-state index is 12.9. The summed E-state index contributed by atoms with van der Waals surface area (Å²) in [7, 11) is 3.17. The molecule has 3 heterocycles. The highest BCUT2D eigenvalue weighted by Crippen LogP contribution is 2.27. The molecule has 2 amide bonds. The van der Waals surface area contributed by atoms with Crippen LogP contribution in [-0.4, -0.2) is 60.5 Å². The third-order valence-electron chi connectivity index (χ3n) is 6.49. The van der Waals surface area contributed by atoms with E-state index < -0.39 is 0 Å². The summed E-state index contributed by atoms with van der Waals surface area (Å²) in [5.41, 5.74) is 2.07. The van der Waals surface area contributed by atoms with Gasteiger partial charge in [-0.05, 0) is 49.4 Å². The van der Waals surface area contributed by atoms with E-state index in [1.165, 1.54) is 0 Å². The molecule has 1 saturated heterocycles. The van der Waals surface area contributed by atoms with Gasteiger partial charge in [0.05, 0.1) is 14.2 Å². The first-order chi connectivity index (χ1) is 16.6. The van der Waals surface area contributed by atoms with Crippen LogP contribution in [0.15, 0.2) is 42.7 Å². The van der Waals surface area contributed by atoms with Crippen LogP contribution in [0, 0.1) is 5.92 Å². The number of carbonyl (C=O) groups excluding carboxylic acids is 2. The lowest BCUT2D eigenvalue weighted by Gasteiger charge is -2.32. The molecule has 0 atom stereocenters. The number of H-pyrrole nitrogens is 1. The lowest BCUT2D eigenvalue weighted by Crippen LogP contribution is -2.38. The van der Waals surface area contributed by atoms with Crippen molar-refractivity contribution < 1.29 is 19.1 Å². The number of ether oxygens (including phenoxy) is 2. The Balaban J connectivity index is 1.16. The standard InChI is InChI=1S/C26H32N4O4/c1-33-21-13-19(14-22(16-21)34-2)26(32)30-11-7-18(8-12-30)5-3-4-9-28-25(31)24-15-20-17-27-10-6-23(20)29-24/h6,10,13-18,29H,3-5,7-9,11-12H2,1-2H3,(H,28,31). The number of methoxy groups -OCH3 is 2. The van der Waals surface area contributed by atoms with Gasteiger partial charge in [0.1, 0.15) is 17.2 Å². The molecule has 1 aliphatic rings. The minimum atomic E-state index is -0.0859. The van der Waals surface area contributed by atoms with Gasteiger partial charge in [0.25, 0.3) is 11.8 Å². The van der Waals surface area contributed by atoms with E-state index in [2.05, 4.69) is 15.3 Å². The fraction of sp³-hybridized carbons (Fsp3) is 0.423. The fourth-order valence-electron chi connectivity index (χ4n) is 4.49. The molecule has 0 aliphatic carbocycles. The van der Waals surface area contributed by atoms with Gasteiger partial charge in [-0.1, -0.05) is 12.8 Å². The van der Waals surface area contributed by atoms with E-state index in [1.54, 1.807) is 44.8 Å². The van der Waals surface area contributed by atoms with Crippen LogP contribution in [0.1, 0.15) is 53.0 Å². The van der Waals surface area contributed by atoms with E-state index in [9.17, 15) is 9.59 Å². The van der Waals surface area contributed by atoms with Crippen LogP contribution < -0.4 is 14.8 Å². The number of pyridine rings is 1. The normalized spacial score (nSPS) is 14.2. The van der Waals surface area contributed by atoms with E-state index >= 15 is 0 Å². The van der Waals surface area contributed by atoms with Crippen LogP contribution in [0.2, 0.25) is 0 Å². The van der Waals surface area contributed by atoms with E-state index in [0.717, 1.165) is 56.1 Å². The number of hydrogen-bond acceptors (Lipinski definition) is 5. The van der Waals surface area contributed by atoms with Gasteiger partial charge in [-0.3, -0.25) is 14.6 Å². The summed E-state index contributed by atoms with van der Waals surface area (Å²) < 4.78 is 10.6. The molecule has 8 nitrogen and oxygen atoms in total. The molecule has 3 aromatic rings. The molecule has 2 N–H and O–H groups in total. The molecule has 4 rings (SSSR count). The van der Waals surface area contributed by atoms with Crippen LogP contribution in [0.3, 0.4) is 0 Å². The smallest absolute Gasteiger partial charge is 0.267 e. The van der Waals surface area contributed by atoms with Gasteiger partial charge in [0.15, 0.2) is 0 Å². The summed E-state index contributed by atoms with van der Waals surface area (Å²) in [5.74, 6) is 1.78. The van der Waals surface area contributed by atoms with Gasteiger partial charge < -0.3 is 24.7 Å². The highest BCUT2D eigenvalue weighted by Gasteiger charge is 2.24. The minimum Gasteiger partial charge on any atom is -0.497 e. The highest BCUT2D eigenvalue weighted by molar-refractivity contribution is 5.97. The number of nitrogens with one attached hydrogen (secondary N) is 2. The average Bonchev–Trinajstić information content (AvgIpc) is 3.32. The number of hydrogen-bond donors (Lipinski definition) is 2. The molecular formula is C26H32N4O4. The van der Waals surface area contributed by atoms with Crippen LogP contribution in [0.5, 0.6) is 11.5 Å². The van der Waals surface area contributed by atoms with Crippen molar-refractivity contribution in [2.45, 2.75) is 32.1 Å². The fourth-order valence-corrected chi connectivity index (χ4v) is 4.49. The summed E-state index contributed by atoms with van der Waals surface area (Å²) in [6.07, 6.45) is 8.57. The molecule has 8 heteroatoms. The molecule has 0 radical (unpaired) electrons. The van der Waals surface area contributed by atoms with Crippen molar-refractivity contribution in [2.24, 2.45) is 5.92 Å². The topological polar surface area (TPSA) is 96.6 Å². The maximum Gasteiger partial charge on any atom is 0.267 e. The number of aromatic nitrogens is 2. The number of rotatable bonds is 9. The van der Waals surface area contributed by atoms with Crippen molar-refractivity contribution in [1.82, 2.24) is 20.2 Å². The first-order valence-corrected chi connectivity index (χ1v) is 11.8. The maximum atomic E-state index is 12.9. The second-order valence-electron chi connectivity index (χ2n) is 8.73. The number of likely N-dealkylation sites (tertiary alicyclic amines) is 1. The number of piperidine rings is 1. The molecule has 0 saturated carbocycles. The number of unbranched alkanes of at least 4 members (excludes halogenated alkanes) is 1. The largest absolute Gasteiger partial charge is 0.497 e. The number of aromatic amines is 1. The van der Waals surface area contributed by atoms with E-state index in [1.807, 2.05) is 17.0 Å². The van der Waals surface area contributed by atoms with E-state index in [-0.39, 0.29) is 11.8 Å². The molecule has 1 fully saturated rings. The Hall–Kier alpha value is -3.55. The third kappa shape index (κ3) is 5.68. The zero-order valence-corrected chi connectivity index (χ0v) is 19.8. The number of fused-ring (bicyclic) bond motifs is 1. The van der Waals surface area contributed by atoms with Crippen LogP contribution in [0.4, 0.5) is 0 Å². The van der Waals surface area contributed by atoms with Crippen molar-refractivity contribution >= 4 is 22.7 Å². The Labute approximate surface area is 199 Å². The lowest BCUT2D eigenvalue weighted by molar-refractivity contribution is 0.0685. The summed E-state index contributed by atoms with van der Waals surface area (Å²) >= 11 is 0. The molecule has 0 bridgehead atoms. The number of benzene rings is 1. The van der Waals surface area contributed by atoms with Crippen molar-refractivity contribution in [3.63, 3.8) is 0 Å². The molecule has 2 aromatic heterocycles. The first kappa shape index (κ1) is 23.6. The molecular weight excluding hydrogens is 432 g/mol. The quantitative estimate of drug-likeness (QED) is 0.466. The number of nitrogens with zero attached hydrogens (tertiary/aromatic N) is 2. The van der Waals surface area contributed by atoms with Crippen molar-refractivity contribution in [3.8, 4) is 11.5 Å². The Morgan fingerprint density at radius 2 is 1.82 bits per heavy atom. The van der Waals surface area contributed by atoms with Gasteiger partial charge in [-0.25, -0.2) is 0 Å². The van der Waals surface area contributed by atoms with Gasteiger partial charge in [0.2, 0.25) is 0 Å². The van der Waals surface area contributed by atoms with Crippen LogP contribution in [-0.2, 0) is 0 Å². The molecule has 1 aliphatic heterocycles. The highest BCUT2D eigenvalue weighted by atomic mass is 16.5. The molecule has 1 aromatic carbocycles. The summed E-state index contributed by atoms with van der Waals surface area (Å²) in [4.78, 5) is 34.4.